The first-order valence-electron chi connectivity index (χ1n) is 9.65. The van der Waals surface area contributed by atoms with E-state index in [1.165, 1.54) is 0 Å². The molecule has 0 radical (unpaired) electrons. The van der Waals surface area contributed by atoms with E-state index in [0.717, 1.165) is 27.7 Å². The molecule has 7 heteroatoms. The van der Waals surface area contributed by atoms with Gasteiger partial charge < -0.3 is 24.3 Å². The monoisotopic (exact) mass is 417 g/mol. The number of methoxy groups -OCH3 is 4. The Balaban J connectivity index is 1.84. The molecule has 1 N–H and O–H groups in total. The molecule has 0 amide bonds. The van der Waals surface area contributed by atoms with Crippen molar-refractivity contribution in [3.63, 3.8) is 0 Å². The second kappa shape index (κ2) is 8.79. The third kappa shape index (κ3) is 3.90. The normalized spacial score (nSPS) is 10.6. The van der Waals surface area contributed by atoms with E-state index < -0.39 is 0 Å². The maximum Gasteiger partial charge on any atom is 0.161 e. The van der Waals surface area contributed by atoms with Crippen LogP contribution in [0.1, 0.15) is 0 Å². The van der Waals surface area contributed by atoms with Crippen molar-refractivity contribution in [3.05, 3.63) is 60.7 Å². The highest BCUT2D eigenvalue weighted by atomic mass is 16.5. The number of aromatic nitrogens is 2. The molecular formula is C24H23N3O4. The van der Waals surface area contributed by atoms with Gasteiger partial charge in [-0.25, -0.2) is 0 Å². The third-order valence-electron chi connectivity index (χ3n) is 5.01. The third-order valence-corrected chi connectivity index (χ3v) is 5.01. The van der Waals surface area contributed by atoms with Crippen LogP contribution in [0.5, 0.6) is 23.0 Å². The maximum absolute atomic E-state index is 5.58. The average molecular weight is 417 g/mol. The summed E-state index contributed by atoms with van der Waals surface area (Å²) in [4.78, 5) is 0. The van der Waals surface area contributed by atoms with E-state index in [-0.39, 0.29) is 0 Å². The molecule has 4 aromatic rings. The minimum atomic E-state index is 0.610. The summed E-state index contributed by atoms with van der Waals surface area (Å²) in [7, 11) is 6.49. The number of hydrogen-bond donors (Lipinski definition) is 1. The number of nitrogens with one attached hydrogen (secondary N) is 1. The van der Waals surface area contributed by atoms with Crippen LogP contribution in [-0.2, 0) is 0 Å². The van der Waals surface area contributed by atoms with E-state index in [1.807, 2.05) is 60.7 Å². The maximum atomic E-state index is 5.58. The summed E-state index contributed by atoms with van der Waals surface area (Å²) in [6.07, 6.45) is 0. The van der Waals surface area contributed by atoms with Crippen LogP contribution in [-0.4, -0.2) is 38.6 Å². The van der Waals surface area contributed by atoms with Gasteiger partial charge in [0.15, 0.2) is 5.82 Å². The summed E-state index contributed by atoms with van der Waals surface area (Å²) in [6, 6.07) is 19.1. The average Bonchev–Trinajstić information content (AvgIpc) is 2.83. The SMILES string of the molecule is COc1ccc(OC)c(Nc2nnc(-c3ccc(OC)cc3OC)c3ccccc23)c1. The van der Waals surface area contributed by atoms with Gasteiger partial charge in [-0.2, -0.15) is 0 Å². The minimum absolute atomic E-state index is 0.610. The lowest BCUT2D eigenvalue weighted by Gasteiger charge is -2.15. The molecule has 4 rings (SSSR count). The summed E-state index contributed by atoms with van der Waals surface area (Å²) >= 11 is 0. The molecule has 0 saturated heterocycles. The van der Waals surface area contributed by atoms with Crippen molar-refractivity contribution in [2.45, 2.75) is 0 Å². The van der Waals surface area contributed by atoms with Crippen molar-refractivity contribution in [3.8, 4) is 34.3 Å². The highest BCUT2D eigenvalue weighted by Gasteiger charge is 2.16. The van der Waals surface area contributed by atoms with Gasteiger partial charge in [-0.15, -0.1) is 10.2 Å². The van der Waals surface area contributed by atoms with Crippen molar-refractivity contribution < 1.29 is 18.9 Å². The van der Waals surface area contributed by atoms with E-state index in [9.17, 15) is 0 Å². The molecule has 0 saturated carbocycles. The minimum Gasteiger partial charge on any atom is -0.497 e. The zero-order valence-corrected chi connectivity index (χ0v) is 17.8. The largest absolute Gasteiger partial charge is 0.497 e. The van der Waals surface area contributed by atoms with Gasteiger partial charge in [0.05, 0.1) is 34.1 Å². The topological polar surface area (TPSA) is 74.7 Å². The smallest absolute Gasteiger partial charge is 0.161 e. The lowest BCUT2D eigenvalue weighted by Crippen LogP contribution is -2.02. The van der Waals surface area contributed by atoms with Gasteiger partial charge in [-0.1, -0.05) is 24.3 Å². The lowest BCUT2D eigenvalue weighted by atomic mass is 10.0. The predicted molar refractivity (Wildman–Crippen MR) is 121 cm³/mol. The summed E-state index contributed by atoms with van der Waals surface area (Å²) in [6.45, 7) is 0. The molecule has 1 heterocycles. The molecule has 3 aromatic carbocycles. The van der Waals surface area contributed by atoms with Gasteiger partial charge >= 0.3 is 0 Å². The van der Waals surface area contributed by atoms with Gasteiger partial charge in [0, 0.05) is 28.5 Å². The molecule has 0 aliphatic rings. The van der Waals surface area contributed by atoms with E-state index in [0.29, 0.717) is 28.8 Å². The molecule has 0 bridgehead atoms. The number of fused-ring (bicyclic) bond motifs is 1. The van der Waals surface area contributed by atoms with Gasteiger partial charge in [-0.05, 0) is 24.3 Å². The zero-order valence-electron chi connectivity index (χ0n) is 17.8. The molecule has 0 spiro atoms. The van der Waals surface area contributed by atoms with E-state index >= 15 is 0 Å². The zero-order chi connectivity index (χ0) is 21.8. The van der Waals surface area contributed by atoms with Crippen LogP contribution in [0.15, 0.2) is 60.7 Å². The van der Waals surface area contributed by atoms with Crippen molar-refractivity contribution in [2.75, 3.05) is 33.8 Å². The molecule has 0 unspecified atom stereocenters. The second-order valence-corrected chi connectivity index (χ2v) is 6.70. The number of ether oxygens (including phenoxy) is 4. The number of anilines is 2. The van der Waals surface area contributed by atoms with Crippen molar-refractivity contribution >= 4 is 22.3 Å². The fourth-order valence-electron chi connectivity index (χ4n) is 3.43. The predicted octanol–water partition coefficient (Wildman–Crippen LogP) is 5.07. The summed E-state index contributed by atoms with van der Waals surface area (Å²) in [5.74, 6) is 3.36. The van der Waals surface area contributed by atoms with Crippen molar-refractivity contribution in [1.82, 2.24) is 10.2 Å². The lowest BCUT2D eigenvalue weighted by molar-refractivity contribution is 0.395. The molecule has 158 valence electrons. The van der Waals surface area contributed by atoms with E-state index in [1.54, 1.807) is 28.4 Å². The Kier molecular flexibility index (Phi) is 5.75. The molecule has 0 aliphatic heterocycles. The number of rotatable bonds is 7. The Morgan fingerprint density at radius 3 is 2.03 bits per heavy atom. The molecule has 0 aliphatic carbocycles. The molecule has 31 heavy (non-hydrogen) atoms. The van der Waals surface area contributed by atoms with Crippen LogP contribution >= 0.6 is 0 Å². The van der Waals surface area contributed by atoms with Gasteiger partial charge in [-0.3, -0.25) is 0 Å². The summed E-state index contributed by atoms with van der Waals surface area (Å²) in [5, 5.41) is 14.2. The van der Waals surface area contributed by atoms with Gasteiger partial charge in [0.1, 0.15) is 28.7 Å². The highest BCUT2D eigenvalue weighted by Crippen LogP contribution is 2.38. The molecule has 1 aromatic heterocycles. The van der Waals surface area contributed by atoms with Crippen molar-refractivity contribution in [2.24, 2.45) is 0 Å². The Morgan fingerprint density at radius 2 is 1.32 bits per heavy atom. The number of benzene rings is 3. The van der Waals surface area contributed by atoms with Crippen LogP contribution in [0, 0.1) is 0 Å². The Morgan fingerprint density at radius 1 is 0.645 bits per heavy atom. The van der Waals surface area contributed by atoms with Crippen LogP contribution in [0.25, 0.3) is 22.0 Å². The molecule has 7 nitrogen and oxygen atoms in total. The number of nitrogens with zero attached hydrogens (tertiary/aromatic N) is 2. The first-order valence-corrected chi connectivity index (χ1v) is 9.65. The quantitative estimate of drug-likeness (QED) is 0.450. The van der Waals surface area contributed by atoms with Gasteiger partial charge in [0.2, 0.25) is 0 Å². The Hall–Kier alpha value is -4.00. The van der Waals surface area contributed by atoms with Crippen LogP contribution in [0.3, 0.4) is 0 Å². The second-order valence-electron chi connectivity index (χ2n) is 6.70. The molecule has 0 fully saturated rings. The van der Waals surface area contributed by atoms with Crippen LogP contribution in [0.4, 0.5) is 11.5 Å². The van der Waals surface area contributed by atoms with E-state index in [4.69, 9.17) is 18.9 Å². The van der Waals surface area contributed by atoms with Crippen LogP contribution < -0.4 is 24.3 Å². The summed E-state index contributed by atoms with van der Waals surface area (Å²) in [5.41, 5.74) is 2.28. The van der Waals surface area contributed by atoms with Gasteiger partial charge in [0.25, 0.3) is 0 Å². The highest BCUT2D eigenvalue weighted by molar-refractivity contribution is 6.01. The Labute approximate surface area is 180 Å². The molecular weight excluding hydrogens is 394 g/mol. The first kappa shape index (κ1) is 20.3. The van der Waals surface area contributed by atoms with Crippen LogP contribution in [0.2, 0.25) is 0 Å². The van der Waals surface area contributed by atoms with E-state index in [2.05, 4.69) is 15.5 Å². The van der Waals surface area contributed by atoms with Crippen molar-refractivity contribution in [1.29, 1.82) is 0 Å². The fourth-order valence-corrected chi connectivity index (χ4v) is 3.43. The Bertz CT molecular complexity index is 1230. The molecule has 0 atom stereocenters. The number of hydrogen-bond acceptors (Lipinski definition) is 7. The first-order chi connectivity index (χ1) is 15.2. The fraction of sp³-hybridized carbons (Fsp3) is 0.167. The standard InChI is InChI=1S/C24H23N3O4/c1-28-15-10-12-21(30-3)20(13-15)25-24-18-8-6-5-7-17(18)23(26-27-24)19-11-9-16(29-2)14-22(19)31-4/h5-14H,1-4H3,(H,25,27). The summed E-state index contributed by atoms with van der Waals surface area (Å²) < 4.78 is 21.7.